The van der Waals surface area contributed by atoms with Crippen molar-refractivity contribution in [3.63, 3.8) is 0 Å². The standard InChI is InChI=1S/C21H32F3N5O/c1-2-25-20(27-19-7-8-29(15-19)16-21(22,23)24)26-13-17-3-5-18(6-4-17)14-28-9-11-30-12-10-28/h3-6,19H,2,7-16H2,1H3,(H2,25,26,27). The molecule has 3 rings (SSSR count). The van der Waals surface area contributed by atoms with E-state index in [4.69, 9.17) is 4.74 Å². The van der Waals surface area contributed by atoms with Crippen LogP contribution in [0.4, 0.5) is 13.2 Å². The van der Waals surface area contributed by atoms with Crippen LogP contribution in [-0.4, -0.2) is 80.5 Å². The molecule has 6 nitrogen and oxygen atoms in total. The van der Waals surface area contributed by atoms with Gasteiger partial charge in [-0.15, -0.1) is 0 Å². The highest BCUT2D eigenvalue weighted by molar-refractivity contribution is 5.80. The van der Waals surface area contributed by atoms with Gasteiger partial charge < -0.3 is 15.4 Å². The molecule has 1 aromatic rings. The van der Waals surface area contributed by atoms with Gasteiger partial charge in [-0.05, 0) is 24.5 Å². The molecule has 0 aromatic heterocycles. The lowest BCUT2D eigenvalue weighted by Crippen LogP contribution is -2.45. The summed E-state index contributed by atoms with van der Waals surface area (Å²) in [6, 6.07) is 8.41. The van der Waals surface area contributed by atoms with Crippen LogP contribution in [0.25, 0.3) is 0 Å². The van der Waals surface area contributed by atoms with E-state index in [0.29, 0.717) is 38.6 Å². The summed E-state index contributed by atoms with van der Waals surface area (Å²) in [6.45, 7) is 7.60. The van der Waals surface area contributed by atoms with Crippen LogP contribution in [0.1, 0.15) is 24.5 Å². The van der Waals surface area contributed by atoms with Gasteiger partial charge >= 0.3 is 6.18 Å². The molecule has 9 heteroatoms. The van der Waals surface area contributed by atoms with Crippen LogP contribution in [0.15, 0.2) is 29.3 Å². The number of morpholine rings is 1. The maximum atomic E-state index is 12.6. The van der Waals surface area contributed by atoms with Crippen molar-refractivity contribution in [1.82, 2.24) is 20.4 Å². The lowest BCUT2D eigenvalue weighted by atomic mass is 10.1. The normalized spacial score (nSPS) is 21.7. The first kappa shape index (κ1) is 22.8. The summed E-state index contributed by atoms with van der Waals surface area (Å²) in [4.78, 5) is 8.44. The number of hydrogen-bond donors (Lipinski definition) is 2. The average molecular weight is 428 g/mol. The second kappa shape index (κ2) is 11.0. The molecule has 2 aliphatic heterocycles. The maximum absolute atomic E-state index is 12.6. The van der Waals surface area contributed by atoms with Crippen molar-refractivity contribution in [3.8, 4) is 0 Å². The number of rotatable bonds is 7. The molecule has 2 aliphatic rings. The van der Waals surface area contributed by atoms with E-state index in [2.05, 4.69) is 44.8 Å². The lowest BCUT2D eigenvalue weighted by Gasteiger charge is -2.26. The Morgan fingerprint density at radius 2 is 1.80 bits per heavy atom. The molecule has 0 bridgehead atoms. The summed E-state index contributed by atoms with van der Waals surface area (Å²) in [7, 11) is 0. The van der Waals surface area contributed by atoms with Gasteiger partial charge in [0, 0.05) is 45.3 Å². The number of alkyl halides is 3. The van der Waals surface area contributed by atoms with E-state index >= 15 is 0 Å². The van der Waals surface area contributed by atoms with E-state index in [1.165, 1.54) is 10.5 Å². The highest BCUT2D eigenvalue weighted by Crippen LogP contribution is 2.20. The quantitative estimate of drug-likeness (QED) is 0.516. The number of ether oxygens (including phenoxy) is 1. The van der Waals surface area contributed by atoms with Crippen molar-refractivity contribution in [2.75, 3.05) is 52.5 Å². The monoisotopic (exact) mass is 427 g/mol. The topological polar surface area (TPSA) is 52.1 Å². The summed E-state index contributed by atoms with van der Waals surface area (Å²) >= 11 is 0. The zero-order valence-corrected chi connectivity index (χ0v) is 17.5. The number of guanidine groups is 1. The molecule has 2 fully saturated rings. The summed E-state index contributed by atoms with van der Waals surface area (Å²) < 4.78 is 43.1. The zero-order chi connectivity index (χ0) is 21.4. The minimum atomic E-state index is -4.15. The predicted octanol–water partition coefficient (Wildman–Crippen LogP) is 2.21. The number of hydrogen-bond acceptors (Lipinski definition) is 4. The Morgan fingerprint density at radius 1 is 1.10 bits per heavy atom. The van der Waals surface area contributed by atoms with Gasteiger partial charge in [0.05, 0.1) is 26.3 Å². The molecule has 1 aromatic carbocycles. The second-order valence-electron chi connectivity index (χ2n) is 7.88. The van der Waals surface area contributed by atoms with Crippen LogP contribution in [0, 0.1) is 0 Å². The van der Waals surface area contributed by atoms with Gasteiger partial charge in [0.25, 0.3) is 0 Å². The third-order valence-electron chi connectivity index (χ3n) is 5.31. The van der Waals surface area contributed by atoms with E-state index in [-0.39, 0.29) is 6.04 Å². The molecule has 30 heavy (non-hydrogen) atoms. The highest BCUT2D eigenvalue weighted by atomic mass is 19.4. The van der Waals surface area contributed by atoms with Crippen LogP contribution in [0.5, 0.6) is 0 Å². The maximum Gasteiger partial charge on any atom is 0.401 e. The minimum Gasteiger partial charge on any atom is -0.379 e. The smallest absolute Gasteiger partial charge is 0.379 e. The number of halogens is 3. The fourth-order valence-electron chi connectivity index (χ4n) is 3.80. The van der Waals surface area contributed by atoms with Crippen LogP contribution < -0.4 is 10.6 Å². The summed E-state index contributed by atoms with van der Waals surface area (Å²) in [5, 5.41) is 6.47. The second-order valence-corrected chi connectivity index (χ2v) is 7.88. The minimum absolute atomic E-state index is 0.0268. The van der Waals surface area contributed by atoms with Crippen LogP contribution in [0.3, 0.4) is 0 Å². The van der Waals surface area contributed by atoms with Gasteiger partial charge in [0.15, 0.2) is 5.96 Å². The lowest BCUT2D eigenvalue weighted by molar-refractivity contribution is -0.143. The number of nitrogens with zero attached hydrogens (tertiary/aromatic N) is 3. The van der Waals surface area contributed by atoms with Crippen molar-refractivity contribution in [1.29, 1.82) is 0 Å². The fraction of sp³-hybridized carbons (Fsp3) is 0.667. The number of nitrogens with one attached hydrogen (secondary N) is 2. The third kappa shape index (κ3) is 7.77. The molecule has 2 saturated heterocycles. The van der Waals surface area contributed by atoms with Crippen LogP contribution in [-0.2, 0) is 17.8 Å². The number of benzene rings is 1. The van der Waals surface area contributed by atoms with Crippen molar-refractivity contribution >= 4 is 5.96 Å². The number of aliphatic imine (C=N–C) groups is 1. The van der Waals surface area contributed by atoms with E-state index in [1.807, 2.05) is 6.92 Å². The Morgan fingerprint density at radius 3 is 2.47 bits per heavy atom. The summed E-state index contributed by atoms with van der Waals surface area (Å²) in [5.41, 5.74) is 2.37. The highest BCUT2D eigenvalue weighted by Gasteiger charge is 2.34. The molecule has 168 valence electrons. The van der Waals surface area contributed by atoms with Crippen molar-refractivity contribution < 1.29 is 17.9 Å². The summed E-state index contributed by atoms with van der Waals surface area (Å²) in [5.74, 6) is 0.647. The van der Waals surface area contributed by atoms with Crippen molar-refractivity contribution in [3.05, 3.63) is 35.4 Å². The van der Waals surface area contributed by atoms with Gasteiger partial charge in [-0.25, -0.2) is 4.99 Å². The van der Waals surface area contributed by atoms with Gasteiger partial charge in [0.1, 0.15) is 0 Å². The fourth-order valence-corrected chi connectivity index (χ4v) is 3.80. The molecule has 2 heterocycles. The Bertz CT molecular complexity index is 674. The van der Waals surface area contributed by atoms with E-state index in [9.17, 15) is 13.2 Å². The molecule has 0 amide bonds. The first-order valence-electron chi connectivity index (χ1n) is 10.6. The van der Waals surface area contributed by atoms with Gasteiger partial charge in [-0.2, -0.15) is 13.2 Å². The zero-order valence-electron chi connectivity index (χ0n) is 17.5. The molecule has 0 spiro atoms. The Labute approximate surface area is 176 Å². The largest absolute Gasteiger partial charge is 0.401 e. The Hall–Kier alpha value is -1.84. The molecule has 1 unspecified atom stereocenters. The molecule has 0 radical (unpaired) electrons. The van der Waals surface area contributed by atoms with Gasteiger partial charge in [0.2, 0.25) is 0 Å². The average Bonchev–Trinajstić information content (AvgIpc) is 3.13. The van der Waals surface area contributed by atoms with Crippen molar-refractivity contribution in [2.24, 2.45) is 4.99 Å². The molecule has 0 aliphatic carbocycles. The predicted molar refractivity (Wildman–Crippen MR) is 111 cm³/mol. The Balaban J connectivity index is 1.49. The Kier molecular flexibility index (Phi) is 8.35. The first-order chi connectivity index (χ1) is 14.4. The van der Waals surface area contributed by atoms with E-state index < -0.39 is 12.7 Å². The third-order valence-corrected chi connectivity index (χ3v) is 5.31. The molecule has 0 saturated carbocycles. The molecular formula is C21H32F3N5O. The van der Waals surface area contributed by atoms with Crippen LogP contribution >= 0.6 is 0 Å². The van der Waals surface area contributed by atoms with Crippen molar-refractivity contribution in [2.45, 2.75) is 38.7 Å². The molecule has 2 N–H and O–H groups in total. The van der Waals surface area contributed by atoms with Gasteiger partial charge in [-0.3, -0.25) is 9.80 Å². The van der Waals surface area contributed by atoms with E-state index in [1.54, 1.807) is 0 Å². The van der Waals surface area contributed by atoms with E-state index in [0.717, 1.165) is 38.4 Å². The van der Waals surface area contributed by atoms with Gasteiger partial charge in [-0.1, -0.05) is 24.3 Å². The first-order valence-corrected chi connectivity index (χ1v) is 10.6. The number of likely N-dealkylation sites (tertiary alicyclic amines) is 1. The van der Waals surface area contributed by atoms with Crippen LogP contribution in [0.2, 0.25) is 0 Å². The molecule has 1 atom stereocenters. The SMILES string of the molecule is CCNC(=NCc1ccc(CN2CCOCC2)cc1)NC1CCN(CC(F)(F)F)C1. The molecular weight excluding hydrogens is 395 g/mol. The summed E-state index contributed by atoms with van der Waals surface area (Å²) in [6.07, 6.45) is -3.47.